The highest BCUT2D eigenvalue weighted by atomic mass is 16.5. The van der Waals surface area contributed by atoms with Gasteiger partial charge in [-0.15, -0.1) is 0 Å². The SMILES string of the molecule is Nc1ccnn1Cc1ccc2c(c1)OCCCO2. The van der Waals surface area contributed by atoms with Crippen molar-refractivity contribution in [3.05, 3.63) is 36.0 Å². The minimum absolute atomic E-state index is 0.634. The number of hydrogen-bond acceptors (Lipinski definition) is 4. The molecule has 0 saturated carbocycles. The van der Waals surface area contributed by atoms with Crippen molar-refractivity contribution in [2.24, 2.45) is 0 Å². The van der Waals surface area contributed by atoms with Crippen LogP contribution in [0.2, 0.25) is 0 Å². The monoisotopic (exact) mass is 245 g/mol. The lowest BCUT2D eigenvalue weighted by Crippen LogP contribution is -2.05. The average molecular weight is 245 g/mol. The third-order valence-corrected chi connectivity index (χ3v) is 2.89. The molecule has 2 aromatic rings. The van der Waals surface area contributed by atoms with Gasteiger partial charge in [-0.3, -0.25) is 0 Å². The smallest absolute Gasteiger partial charge is 0.161 e. The van der Waals surface area contributed by atoms with Crippen LogP contribution in [0.25, 0.3) is 0 Å². The molecule has 3 rings (SSSR count). The number of ether oxygens (including phenoxy) is 2. The van der Waals surface area contributed by atoms with Gasteiger partial charge in [-0.25, -0.2) is 4.68 Å². The number of hydrogen-bond donors (Lipinski definition) is 1. The first-order chi connectivity index (χ1) is 8.83. The van der Waals surface area contributed by atoms with Crippen molar-refractivity contribution >= 4 is 5.82 Å². The molecule has 0 aliphatic carbocycles. The Morgan fingerprint density at radius 1 is 1.17 bits per heavy atom. The number of rotatable bonds is 2. The van der Waals surface area contributed by atoms with E-state index >= 15 is 0 Å². The van der Waals surface area contributed by atoms with E-state index in [9.17, 15) is 0 Å². The van der Waals surface area contributed by atoms with Crippen LogP contribution in [-0.4, -0.2) is 23.0 Å². The normalized spacial score (nSPS) is 14.2. The van der Waals surface area contributed by atoms with Gasteiger partial charge in [-0.2, -0.15) is 5.10 Å². The molecule has 0 fully saturated rings. The van der Waals surface area contributed by atoms with Crippen LogP contribution < -0.4 is 15.2 Å². The summed E-state index contributed by atoms with van der Waals surface area (Å²) >= 11 is 0. The summed E-state index contributed by atoms with van der Waals surface area (Å²) in [5.41, 5.74) is 6.89. The molecule has 5 nitrogen and oxygen atoms in total. The van der Waals surface area contributed by atoms with Crippen molar-refractivity contribution in [1.82, 2.24) is 9.78 Å². The molecule has 18 heavy (non-hydrogen) atoms. The standard InChI is InChI=1S/C13H15N3O2/c14-13-4-5-15-16(13)9-10-2-3-11-12(8-10)18-7-1-6-17-11/h2-5,8H,1,6-7,9,14H2. The van der Waals surface area contributed by atoms with Gasteiger partial charge in [0.15, 0.2) is 11.5 Å². The Labute approximate surface area is 105 Å². The molecule has 2 heterocycles. The summed E-state index contributed by atoms with van der Waals surface area (Å²) in [7, 11) is 0. The predicted molar refractivity (Wildman–Crippen MR) is 67.8 cm³/mol. The van der Waals surface area contributed by atoms with Gasteiger partial charge >= 0.3 is 0 Å². The lowest BCUT2D eigenvalue weighted by Gasteiger charge is -2.10. The van der Waals surface area contributed by atoms with E-state index < -0.39 is 0 Å². The van der Waals surface area contributed by atoms with Crippen LogP contribution in [0.3, 0.4) is 0 Å². The number of fused-ring (bicyclic) bond motifs is 1. The van der Waals surface area contributed by atoms with Gasteiger partial charge in [-0.1, -0.05) is 6.07 Å². The highest BCUT2D eigenvalue weighted by Crippen LogP contribution is 2.30. The van der Waals surface area contributed by atoms with Crippen LogP contribution in [-0.2, 0) is 6.54 Å². The molecule has 1 aromatic carbocycles. The fourth-order valence-electron chi connectivity index (χ4n) is 1.95. The van der Waals surface area contributed by atoms with Crippen molar-refractivity contribution in [2.75, 3.05) is 18.9 Å². The Kier molecular flexibility index (Phi) is 2.80. The third-order valence-electron chi connectivity index (χ3n) is 2.89. The molecule has 0 spiro atoms. The summed E-state index contributed by atoms with van der Waals surface area (Å²) in [6.45, 7) is 2.04. The van der Waals surface area contributed by atoms with E-state index in [1.807, 2.05) is 18.2 Å². The van der Waals surface area contributed by atoms with Gasteiger partial charge in [0.2, 0.25) is 0 Å². The van der Waals surface area contributed by atoms with Crippen LogP contribution in [0, 0.1) is 0 Å². The maximum Gasteiger partial charge on any atom is 0.161 e. The molecule has 1 aromatic heterocycles. The molecule has 94 valence electrons. The average Bonchev–Trinajstić information content (AvgIpc) is 2.65. The summed E-state index contributed by atoms with van der Waals surface area (Å²) in [4.78, 5) is 0. The highest BCUT2D eigenvalue weighted by Gasteiger charge is 2.11. The van der Waals surface area contributed by atoms with Crippen LogP contribution in [0.1, 0.15) is 12.0 Å². The van der Waals surface area contributed by atoms with Gasteiger partial charge in [0, 0.05) is 6.42 Å². The summed E-state index contributed by atoms with van der Waals surface area (Å²) in [5, 5.41) is 4.16. The number of anilines is 1. The van der Waals surface area contributed by atoms with Gasteiger partial charge in [0.1, 0.15) is 5.82 Å². The van der Waals surface area contributed by atoms with E-state index in [1.54, 1.807) is 16.9 Å². The van der Waals surface area contributed by atoms with Crippen LogP contribution in [0.4, 0.5) is 5.82 Å². The zero-order valence-electron chi connectivity index (χ0n) is 10.0. The van der Waals surface area contributed by atoms with Crippen molar-refractivity contribution < 1.29 is 9.47 Å². The van der Waals surface area contributed by atoms with E-state index in [0.717, 1.165) is 23.5 Å². The maximum atomic E-state index is 5.80. The quantitative estimate of drug-likeness (QED) is 0.874. The van der Waals surface area contributed by atoms with E-state index in [0.29, 0.717) is 25.6 Å². The topological polar surface area (TPSA) is 62.3 Å². The van der Waals surface area contributed by atoms with Crippen LogP contribution in [0.5, 0.6) is 11.5 Å². The van der Waals surface area contributed by atoms with E-state index in [2.05, 4.69) is 5.10 Å². The Morgan fingerprint density at radius 3 is 2.78 bits per heavy atom. The molecule has 0 saturated heterocycles. The zero-order chi connectivity index (χ0) is 12.4. The minimum Gasteiger partial charge on any atom is -0.490 e. The minimum atomic E-state index is 0.634. The maximum absolute atomic E-state index is 5.80. The third kappa shape index (κ3) is 2.11. The molecule has 2 N–H and O–H groups in total. The zero-order valence-corrected chi connectivity index (χ0v) is 10.0. The first kappa shape index (κ1) is 11.0. The number of nitrogen functional groups attached to an aromatic ring is 1. The van der Waals surface area contributed by atoms with E-state index in [4.69, 9.17) is 15.2 Å². The van der Waals surface area contributed by atoms with Crippen LogP contribution in [0.15, 0.2) is 30.5 Å². The Bertz CT molecular complexity index is 551. The molecule has 0 radical (unpaired) electrons. The number of nitrogens with zero attached hydrogens (tertiary/aromatic N) is 2. The molecule has 5 heteroatoms. The Morgan fingerprint density at radius 2 is 2.00 bits per heavy atom. The van der Waals surface area contributed by atoms with Gasteiger partial charge in [0.25, 0.3) is 0 Å². The molecule has 0 bridgehead atoms. The second kappa shape index (κ2) is 4.60. The molecule has 0 atom stereocenters. The molecule has 0 amide bonds. The summed E-state index contributed by atoms with van der Waals surface area (Å²) < 4.78 is 13.0. The lowest BCUT2D eigenvalue weighted by atomic mass is 10.2. The van der Waals surface area contributed by atoms with Gasteiger partial charge < -0.3 is 15.2 Å². The van der Waals surface area contributed by atoms with Crippen LogP contribution >= 0.6 is 0 Å². The fraction of sp³-hybridized carbons (Fsp3) is 0.308. The van der Waals surface area contributed by atoms with E-state index in [-0.39, 0.29) is 0 Å². The predicted octanol–water partition coefficient (Wildman–Crippen LogP) is 1.67. The second-order valence-electron chi connectivity index (χ2n) is 4.25. The number of aromatic nitrogens is 2. The first-order valence-electron chi connectivity index (χ1n) is 5.99. The van der Waals surface area contributed by atoms with E-state index in [1.165, 1.54) is 0 Å². The molecule has 1 aliphatic heterocycles. The fourth-order valence-corrected chi connectivity index (χ4v) is 1.95. The second-order valence-corrected chi connectivity index (χ2v) is 4.25. The summed E-state index contributed by atoms with van der Waals surface area (Å²) in [6.07, 6.45) is 2.61. The molecule has 0 unspecified atom stereocenters. The Hall–Kier alpha value is -2.17. The summed E-state index contributed by atoms with van der Waals surface area (Å²) in [6, 6.07) is 7.72. The first-order valence-corrected chi connectivity index (χ1v) is 5.99. The van der Waals surface area contributed by atoms with Gasteiger partial charge in [-0.05, 0) is 23.8 Å². The van der Waals surface area contributed by atoms with Crippen molar-refractivity contribution in [2.45, 2.75) is 13.0 Å². The summed E-state index contributed by atoms with van der Waals surface area (Å²) in [5.74, 6) is 2.27. The molecular weight excluding hydrogens is 230 g/mol. The molecule has 1 aliphatic rings. The number of benzene rings is 1. The lowest BCUT2D eigenvalue weighted by molar-refractivity contribution is 0.297. The van der Waals surface area contributed by atoms with Crippen molar-refractivity contribution in [3.63, 3.8) is 0 Å². The highest BCUT2D eigenvalue weighted by molar-refractivity contribution is 5.43. The largest absolute Gasteiger partial charge is 0.490 e. The van der Waals surface area contributed by atoms with Crippen molar-refractivity contribution in [3.8, 4) is 11.5 Å². The van der Waals surface area contributed by atoms with Crippen molar-refractivity contribution in [1.29, 1.82) is 0 Å². The Balaban J connectivity index is 1.85. The van der Waals surface area contributed by atoms with Gasteiger partial charge in [0.05, 0.1) is 26.0 Å². The number of nitrogens with two attached hydrogens (primary N) is 1. The molecular formula is C13H15N3O2.